The van der Waals surface area contributed by atoms with Gasteiger partial charge in [-0.3, -0.25) is 4.79 Å². The Kier molecular flexibility index (Phi) is 4.55. The highest BCUT2D eigenvalue weighted by Gasteiger charge is 2.58. The normalized spacial score (nSPS) is 49.8. The summed E-state index contributed by atoms with van der Waals surface area (Å²) in [6.45, 7) is 5.67. The van der Waals surface area contributed by atoms with Gasteiger partial charge in [0.15, 0.2) is 6.29 Å². The summed E-state index contributed by atoms with van der Waals surface area (Å²) < 4.78 is 12.2. The first kappa shape index (κ1) is 18.4. The van der Waals surface area contributed by atoms with Crippen molar-refractivity contribution in [2.45, 2.75) is 96.9 Å². The van der Waals surface area contributed by atoms with Crippen molar-refractivity contribution in [2.24, 2.45) is 28.6 Å². The van der Waals surface area contributed by atoms with Crippen molar-refractivity contribution in [3.8, 4) is 0 Å². The lowest BCUT2D eigenvalue weighted by Crippen LogP contribution is -2.50. The Morgan fingerprint density at radius 3 is 2.67 bits per heavy atom. The van der Waals surface area contributed by atoms with Gasteiger partial charge in [-0.25, -0.2) is 0 Å². The lowest BCUT2D eigenvalue weighted by molar-refractivity contribution is -0.195. The molecule has 0 aromatic carbocycles. The Morgan fingerprint density at radius 1 is 1.04 bits per heavy atom. The van der Waals surface area contributed by atoms with E-state index in [1.807, 2.05) is 0 Å². The van der Waals surface area contributed by atoms with Crippen molar-refractivity contribution in [2.75, 3.05) is 6.61 Å². The molecule has 4 fully saturated rings. The second-order valence-corrected chi connectivity index (χ2v) is 10.5. The second-order valence-electron chi connectivity index (χ2n) is 10.5. The topological polar surface area (TPSA) is 35.5 Å². The van der Waals surface area contributed by atoms with E-state index >= 15 is 0 Å². The van der Waals surface area contributed by atoms with Crippen LogP contribution in [0.15, 0.2) is 11.6 Å². The molecular formula is C24H36O3. The maximum absolute atomic E-state index is 12.6. The largest absolute Gasteiger partial charge is 0.353 e. The molecule has 7 unspecified atom stereocenters. The van der Waals surface area contributed by atoms with Crippen molar-refractivity contribution in [1.29, 1.82) is 0 Å². The zero-order chi connectivity index (χ0) is 18.6. The number of allylic oxidation sites excluding steroid dienone is 1. The lowest BCUT2D eigenvalue weighted by atomic mass is 9.48. The van der Waals surface area contributed by atoms with Gasteiger partial charge < -0.3 is 9.47 Å². The van der Waals surface area contributed by atoms with Gasteiger partial charge in [-0.2, -0.15) is 0 Å². The molecule has 0 aromatic heterocycles. The molecule has 27 heavy (non-hydrogen) atoms. The monoisotopic (exact) mass is 372 g/mol. The fourth-order valence-electron chi connectivity index (χ4n) is 7.55. The van der Waals surface area contributed by atoms with Crippen LogP contribution in [0.3, 0.4) is 0 Å². The van der Waals surface area contributed by atoms with Crippen LogP contribution in [0.5, 0.6) is 0 Å². The Morgan fingerprint density at radius 2 is 1.85 bits per heavy atom. The van der Waals surface area contributed by atoms with Gasteiger partial charge in [0, 0.05) is 18.4 Å². The molecule has 4 aliphatic carbocycles. The number of ether oxygens (including phenoxy) is 2. The Hall–Kier alpha value is -0.670. The van der Waals surface area contributed by atoms with Gasteiger partial charge in [0.25, 0.3) is 0 Å². The van der Waals surface area contributed by atoms with E-state index in [9.17, 15) is 4.79 Å². The summed E-state index contributed by atoms with van der Waals surface area (Å²) in [4.78, 5) is 12.6. The van der Waals surface area contributed by atoms with E-state index in [0.717, 1.165) is 57.0 Å². The van der Waals surface area contributed by atoms with E-state index in [4.69, 9.17) is 9.47 Å². The van der Waals surface area contributed by atoms with Crippen molar-refractivity contribution < 1.29 is 14.3 Å². The summed E-state index contributed by atoms with van der Waals surface area (Å²) in [5.74, 6) is 2.68. The zero-order valence-electron chi connectivity index (χ0n) is 17.2. The molecule has 3 saturated carbocycles. The first-order valence-corrected chi connectivity index (χ1v) is 11.5. The molecule has 3 nitrogen and oxygen atoms in total. The molecule has 1 saturated heterocycles. The van der Waals surface area contributed by atoms with E-state index in [0.29, 0.717) is 23.2 Å². The third kappa shape index (κ3) is 2.87. The van der Waals surface area contributed by atoms with Gasteiger partial charge in [0.2, 0.25) is 0 Å². The van der Waals surface area contributed by atoms with Gasteiger partial charge in [-0.15, -0.1) is 0 Å². The molecule has 1 aliphatic heterocycles. The van der Waals surface area contributed by atoms with Gasteiger partial charge in [-0.1, -0.05) is 25.5 Å². The molecule has 5 rings (SSSR count). The number of hydrogen-bond acceptors (Lipinski definition) is 3. The van der Waals surface area contributed by atoms with E-state index in [2.05, 4.69) is 19.9 Å². The van der Waals surface area contributed by atoms with Crippen LogP contribution < -0.4 is 0 Å². The summed E-state index contributed by atoms with van der Waals surface area (Å²) in [7, 11) is 0. The number of rotatable bonds is 2. The predicted octanol–water partition coefficient (Wildman–Crippen LogP) is 5.43. The Bertz CT molecular complexity index is 634. The minimum Gasteiger partial charge on any atom is -0.353 e. The van der Waals surface area contributed by atoms with Crippen LogP contribution in [0.2, 0.25) is 0 Å². The highest BCUT2D eigenvalue weighted by Crippen LogP contribution is 2.64. The molecule has 3 heteroatoms. The van der Waals surface area contributed by atoms with Crippen LogP contribution in [0, 0.1) is 28.6 Å². The highest BCUT2D eigenvalue weighted by atomic mass is 16.7. The van der Waals surface area contributed by atoms with Crippen LogP contribution >= 0.6 is 0 Å². The molecule has 0 radical (unpaired) electrons. The summed E-state index contributed by atoms with van der Waals surface area (Å²) in [6.07, 6.45) is 15.4. The fraction of sp³-hybridized carbons (Fsp3) is 0.875. The molecule has 0 aromatic rings. The number of fused-ring (bicyclic) bond motifs is 5. The number of carbonyl (C=O) groups is 1. The van der Waals surface area contributed by atoms with E-state index < -0.39 is 0 Å². The van der Waals surface area contributed by atoms with Crippen molar-refractivity contribution in [1.82, 2.24) is 0 Å². The van der Waals surface area contributed by atoms with Crippen molar-refractivity contribution in [3.63, 3.8) is 0 Å². The maximum Gasteiger partial charge on any atom is 0.157 e. The third-order valence-corrected chi connectivity index (χ3v) is 9.25. The lowest BCUT2D eigenvalue weighted by Gasteiger charge is -2.57. The van der Waals surface area contributed by atoms with Gasteiger partial charge in [0.1, 0.15) is 5.78 Å². The molecule has 0 N–H and O–H groups in total. The quantitative estimate of drug-likeness (QED) is 0.606. The maximum atomic E-state index is 12.6. The first-order chi connectivity index (χ1) is 13.0. The standard InChI is InChI=1S/C24H36O3/c1-23-12-10-17(27-22-5-3-4-14-26-22)15-16(23)6-7-18-19-8-9-21(25)24(19,2)13-11-20(18)23/h6,17-20,22H,3-5,7-15H2,1-2H3. The first-order valence-electron chi connectivity index (χ1n) is 11.5. The zero-order valence-corrected chi connectivity index (χ0v) is 17.2. The Labute approximate surface area is 164 Å². The van der Waals surface area contributed by atoms with Gasteiger partial charge >= 0.3 is 0 Å². The SMILES string of the molecule is CC12CCC3C(CC=C4CC(OC5CCCCO5)CCC43C)C1CCC2=O. The smallest absolute Gasteiger partial charge is 0.157 e. The minimum atomic E-state index is -0.0124. The summed E-state index contributed by atoms with van der Waals surface area (Å²) in [5.41, 5.74) is 1.98. The van der Waals surface area contributed by atoms with Gasteiger partial charge in [-0.05, 0) is 87.4 Å². The van der Waals surface area contributed by atoms with Crippen molar-refractivity contribution in [3.05, 3.63) is 11.6 Å². The number of ketones is 1. The van der Waals surface area contributed by atoms with Crippen LogP contribution in [0.4, 0.5) is 0 Å². The fourth-order valence-corrected chi connectivity index (χ4v) is 7.55. The predicted molar refractivity (Wildman–Crippen MR) is 105 cm³/mol. The van der Waals surface area contributed by atoms with E-state index in [1.54, 1.807) is 5.57 Å². The number of Topliss-reactive ketones (excluding diaryl/α,β-unsaturated/α-hetero) is 1. The molecule has 7 atom stereocenters. The van der Waals surface area contributed by atoms with Crippen LogP contribution in [0.25, 0.3) is 0 Å². The average molecular weight is 373 g/mol. The average Bonchev–Trinajstić information content (AvgIpc) is 2.98. The second kappa shape index (κ2) is 6.69. The molecule has 1 heterocycles. The molecule has 0 bridgehead atoms. The molecule has 150 valence electrons. The van der Waals surface area contributed by atoms with Crippen LogP contribution in [-0.4, -0.2) is 24.8 Å². The molecule has 5 aliphatic rings. The number of hydrogen-bond donors (Lipinski definition) is 0. The van der Waals surface area contributed by atoms with Crippen LogP contribution in [-0.2, 0) is 14.3 Å². The molecule has 0 amide bonds. The molecular weight excluding hydrogens is 336 g/mol. The Balaban J connectivity index is 1.32. The summed E-state index contributed by atoms with van der Waals surface area (Å²) >= 11 is 0. The third-order valence-electron chi connectivity index (χ3n) is 9.25. The van der Waals surface area contributed by atoms with Gasteiger partial charge in [0.05, 0.1) is 6.10 Å². The van der Waals surface area contributed by atoms with Crippen LogP contribution in [0.1, 0.15) is 84.5 Å². The summed E-state index contributed by atoms with van der Waals surface area (Å²) in [5, 5.41) is 0. The summed E-state index contributed by atoms with van der Waals surface area (Å²) in [6, 6.07) is 0. The number of carbonyl (C=O) groups excluding carboxylic acids is 1. The van der Waals surface area contributed by atoms with Crippen molar-refractivity contribution >= 4 is 5.78 Å². The van der Waals surface area contributed by atoms with E-state index in [1.165, 1.54) is 32.1 Å². The minimum absolute atomic E-state index is 0.0124. The van der Waals surface area contributed by atoms with E-state index in [-0.39, 0.29) is 11.7 Å². The molecule has 0 spiro atoms. The highest BCUT2D eigenvalue weighted by molar-refractivity contribution is 5.87.